The lowest BCUT2D eigenvalue weighted by atomic mass is 10.1. The highest BCUT2D eigenvalue weighted by Gasteiger charge is 2.23. The van der Waals surface area contributed by atoms with E-state index in [2.05, 4.69) is 25.9 Å². The summed E-state index contributed by atoms with van der Waals surface area (Å²) < 4.78 is 1.87. The molecule has 0 aromatic carbocycles. The maximum Gasteiger partial charge on any atom is 0.279 e. The predicted octanol–water partition coefficient (Wildman–Crippen LogP) is 2.31. The smallest absolute Gasteiger partial charge is 0.279 e. The number of hydrogen-bond acceptors (Lipinski definition) is 5. The minimum atomic E-state index is -0.269. The zero-order valence-corrected chi connectivity index (χ0v) is 15.3. The number of pyridine rings is 1. The summed E-state index contributed by atoms with van der Waals surface area (Å²) in [7, 11) is 0. The number of halogens is 2. The summed E-state index contributed by atoms with van der Waals surface area (Å²) >= 11 is 0. The van der Waals surface area contributed by atoms with Gasteiger partial charge in [0.25, 0.3) is 5.91 Å². The van der Waals surface area contributed by atoms with Gasteiger partial charge in [0.1, 0.15) is 5.82 Å². The van der Waals surface area contributed by atoms with Gasteiger partial charge in [0.05, 0.1) is 11.7 Å². The molecule has 0 radical (unpaired) electrons. The van der Waals surface area contributed by atoms with Crippen LogP contribution in [0.15, 0.2) is 18.3 Å². The number of aromatic nitrogens is 4. The molecular formula is C15H22Cl2N6O. The third kappa shape index (κ3) is 4.43. The third-order valence-corrected chi connectivity index (χ3v) is 3.95. The largest absolute Gasteiger partial charge is 0.317 e. The van der Waals surface area contributed by atoms with E-state index in [0.717, 1.165) is 37.2 Å². The van der Waals surface area contributed by atoms with Gasteiger partial charge in [-0.05, 0) is 51.4 Å². The Bertz CT molecular complexity index is 667. The van der Waals surface area contributed by atoms with Crippen molar-refractivity contribution in [2.24, 2.45) is 0 Å². The molecule has 1 saturated heterocycles. The van der Waals surface area contributed by atoms with E-state index in [9.17, 15) is 4.79 Å². The number of amides is 1. The fraction of sp³-hybridized carbons (Fsp3) is 0.467. The average molecular weight is 373 g/mol. The van der Waals surface area contributed by atoms with E-state index in [4.69, 9.17) is 0 Å². The molecule has 0 atom stereocenters. The molecule has 1 aliphatic rings. The molecule has 7 nitrogen and oxygen atoms in total. The van der Waals surface area contributed by atoms with E-state index in [1.54, 1.807) is 12.3 Å². The van der Waals surface area contributed by atoms with Gasteiger partial charge in [-0.2, -0.15) is 0 Å². The molecule has 9 heteroatoms. The first-order valence-electron chi connectivity index (χ1n) is 7.51. The molecule has 3 heterocycles. The number of nitrogens with zero attached hydrogens (tertiary/aromatic N) is 4. The predicted molar refractivity (Wildman–Crippen MR) is 97.3 cm³/mol. The summed E-state index contributed by atoms with van der Waals surface area (Å²) in [6, 6.07) is 3.99. The zero-order chi connectivity index (χ0) is 15.5. The van der Waals surface area contributed by atoms with Crippen molar-refractivity contribution >= 4 is 36.5 Å². The maximum atomic E-state index is 12.3. The van der Waals surface area contributed by atoms with Gasteiger partial charge in [0.2, 0.25) is 0 Å². The van der Waals surface area contributed by atoms with Crippen LogP contribution in [0.1, 0.15) is 40.6 Å². The maximum absolute atomic E-state index is 12.3. The molecule has 1 fully saturated rings. The lowest BCUT2D eigenvalue weighted by molar-refractivity contribution is 0.102. The van der Waals surface area contributed by atoms with Crippen LogP contribution in [-0.4, -0.2) is 39.0 Å². The SMILES string of the molecule is Cc1ccc(NC(=O)c2nnn(C3CCNCC3)c2C)nc1.Cl.Cl. The zero-order valence-electron chi connectivity index (χ0n) is 13.7. The highest BCUT2D eigenvalue weighted by atomic mass is 35.5. The van der Waals surface area contributed by atoms with Gasteiger partial charge >= 0.3 is 0 Å². The summed E-state index contributed by atoms with van der Waals surface area (Å²) in [6.07, 6.45) is 3.73. The molecule has 2 aromatic heterocycles. The van der Waals surface area contributed by atoms with Crippen LogP contribution >= 0.6 is 24.8 Å². The monoisotopic (exact) mass is 372 g/mol. The van der Waals surface area contributed by atoms with Crippen LogP contribution in [0.3, 0.4) is 0 Å². The van der Waals surface area contributed by atoms with Crippen molar-refractivity contribution in [2.75, 3.05) is 18.4 Å². The van der Waals surface area contributed by atoms with Crippen LogP contribution < -0.4 is 10.6 Å². The van der Waals surface area contributed by atoms with E-state index >= 15 is 0 Å². The molecule has 0 bridgehead atoms. The lowest BCUT2D eigenvalue weighted by Crippen LogP contribution is -2.30. The highest BCUT2D eigenvalue weighted by molar-refractivity contribution is 6.02. The van der Waals surface area contributed by atoms with E-state index in [1.807, 2.05) is 24.6 Å². The van der Waals surface area contributed by atoms with Crippen molar-refractivity contribution in [3.05, 3.63) is 35.3 Å². The second-order valence-corrected chi connectivity index (χ2v) is 5.62. The van der Waals surface area contributed by atoms with Gasteiger partial charge in [0, 0.05) is 6.20 Å². The number of nitrogens with one attached hydrogen (secondary N) is 2. The molecule has 0 spiro atoms. The number of piperidine rings is 1. The molecule has 2 aromatic rings. The fourth-order valence-electron chi connectivity index (χ4n) is 2.67. The minimum absolute atomic E-state index is 0. The first-order valence-corrected chi connectivity index (χ1v) is 7.51. The van der Waals surface area contributed by atoms with Crippen LogP contribution in [0.5, 0.6) is 0 Å². The molecule has 1 amide bonds. The molecule has 2 N–H and O–H groups in total. The standard InChI is InChI=1S/C15H20N6O.2ClH/c1-10-3-4-13(17-9-10)18-15(22)14-11(2)21(20-19-14)12-5-7-16-8-6-12;;/h3-4,9,12,16H,5-8H2,1-2H3,(H,17,18,22);2*1H. The van der Waals surface area contributed by atoms with Crippen molar-refractivity contribution in [2.45, 2.75) is 32.7 Å². The molecule has 132 valence electrons. The van der Waals surface area contributed by atoms with Gasteiger partial charge in [0.15, 0.2) is 5.69 Å². The first-order chi connectivity index (χ1) is 10.6. The lowest BCUT2D eigenvalue weighted by Gasteiger charge is -2.23. The highest BCUT2D eigenvalue weighted by Crippen LogP contribution is 2.20. The van der Waals surface area contributed by atoms with E-state index in [1.165, 1.54) is 0 Å². The summed E-state index contributed by atoms with van der Waals surface area (Å²) in [4.78, 5) is 16.5. The summed E-state index contributed by atoms with van der Waals surface area (Å²) in [5.74, 6) is 0.250. The number of hydrogen-bond donors (Lipinski definition) is 2. The Balaban J connectivity index is 0.00000144. The van der Waals surface area contributed by atoms with Gasteiger partial charge in [-0.25, -0.2) is 9.67 Å². The van der Waals surface area contributed by atoms with Crippen LogP contribution in [0.2, 0.25) is 0 Å². The van der Waals surface area contributed by atoms with E-state index in [-0.39, 0.29) is 30.7 Å². The van der Waals surface area contributed by atoms with Gasteiger partial charge < -0.3 is 10.6 Å². The summed E-state index contributed by atoms with van der Waals surface area (Å²) in [6.45, 7) is 5.78. The quantitative estimate of drug-likeness (QED) is 0.863. The number of carbonyl (C=O) groups is 1. The number of rotatable bonds is 3. The Labute approximate surface area is 153 Å². The Morgan fingerprint density at radius 3 is 2.58 bits per heavy atom. The van der Waals surface area contributed by atoms with E-state index in [0.29, 0.717) is 17.6 Å². The number of carbonyl (C=O) groups excluding carboxylic acids is 1. The molecule has 3 rings (SSSR count). The first kappa shape index (κ1) is 20.3. The van der Waals surface area contributed by atoms with Crippen molar-refractivity contribution in [1.82, 2.24) is 25.3 Å². The van der Waals surface area contributed by atoms with Crippen LogP contribution in [-0.2, 0) is 0 Å². The van der Waals surface area contributed by atoms with Crippen molar-refractivity contribution in [1.29, 1.82) is 0 Å². The summed E-state index contributed by atoms with van der Waals surface area (Å²) in [5.41, 5.74) is 2.21. The molecule has 1 aliphatic heterocycles. The van der Waals surface area contributed by atoms with E-state index < -0.39 is 0 Å². The fourth-order valence-corrected chi connectivity index (χ4v) is 2.67. The Morgan fingerprint density at radius 2 is 1.96 bits per heavy atom. The molecular weight excluding hydrogens is 351 g/mol. The number of aryl methyl sites for hydroxylation is 1. The number of anilines is 1. The van der Waals surface area contributed by atoms with Crippen LogP contribution in [0.4, 0.5) is 5.82 Å². The molecule has 0 saturated carbocycles. The van der Waals surface area contributed by atoms with Crippen LogP contribution in [0.25, 0.3) is 0 Å². The van der Waals surface area contributed by atoms with Crippen LogP contribution in [0, 0.1) is 13.8 Å². The minimum Gasteiger partial charge on any atom is -0.317 e. The van der Waals surface area contributed by atoms with Gasteiger partial charge in [-0.1, -0.05) is 11.3 Å². The van der Waals surface area contributed by atoms with Gasteiger partial charge in [-0.3, -0.25) is 4.79 Å². The average Bonchev–Trinajstić information content (AvgIpc) is 2.92. The van der Waals surface area contributed by atoms with Crippen molar-refractivity contribution < 1.29 is 4.79 Å². The normalized spacial score (nSPS) is 14.4. The molecule has 0 aliphatic carbocycles. The second kappa shape index (κ2) is 8.96. The van der Waals surface area contributed by atoms with Gasteiger partial charge in [-0.15, -0.1) is 29.9 Å². The Morgan fingerprint density at radius 1 is 1.25 bits per heavy atom. The topological polar surface area (TPSA) is 84.7 Å². The Kier molecular flexibility index (Phi) is 7.59. The second-order valence-electron chi connectivity index (χ2n) is 5.62. The Hall–Kier alpha value is -1.70. The third-order valence-electron chi connectivity index (χ3n) is 3.95. The molecule has 0 unspecified atom stereocenters. The molecule has 24 heavy (non-hydrogen) atoms. The van der Waals surface area contributed by atoms with Crippen molar-refractivity contribution in [3.8, 4) is 0 Å². The summed E-state index contributed by atoms with van der Waals surface area (Å²) in [5, 5.41) is 14.3. The van der Waals surface area contributed by atoms with Crippen molar-refractivity contribution in [3.63, 3.8) is 0 Å².